The predicted molar refractivity (Wildman–Crippen MR) is 83.2 cm³/mol. The van der Waals surface area contributed by atoms with Crippen molar-refractivity contribution in [2.45, 2.75) is 0 Å². The predicted octanol–water partition coefficient (Wildman–Crippen LogP) is 3.47. The van der Waals surface area contributed by atoms with Gasteiger partial charge in [0.25, 0.3) is 5.78 Å². The molecule has 0 unspecified atom stereocenters. The van der Waals surface area contributed by atoms with Crippen molar-refractivity contribution in [2.75, 3.05) is 11.2 Å². The molecule has 122 valence electrons. The van der Waals surface area contributed by atoms with Crippen LogP contribution in [0.1, 0.15) is 0 Å². The zero-order chi connectivity index (χ0) is 17.3. The van der Waals surface area contributed by atoms with Gasteiger partial charge in [-0.05, 0) is 0 Å². The van der Waals surface area contributed by atoms with Crippen LogP contribution in [-0.4, -0.2) is 25.5 Å². The van der Waals surface area contributed by atoms with E-state index in [9.17, 15) is 13.2 Å². The summed E-state index contributed by atoms with van der Waals surface area (Å²) in [5, 5.41) is 6.26. The molecule has 1 N–H and O–H groups in total. The van der Waals surface area contributed by atoms with Gasteiger partial charge in [-0.25, -0.2) is 13.2 Å². The molecule has 5 nitrogen and oxygen atoms in total. The molecule has 0 bridgehead atoms. The summed E-state index contributed by atoms with van der Waals surface area (Å²) in [4.78, 5) is 7.78. The molecule has 3 aromatic rings. The maximum absolute atomic E-state index is 14.2. The van der Waals surface area contributed by atoms with Crippen molar-refractivity contribution in [1.82, 2.24) is 19.6 Å². The number of halogens is 5. The Balaban J connectivity index is 2.35. The Morgan fingerprint density at radius 3 is 2.54 bits per heavy atom. The molecular weight excluding hydrogens is 366 g/mol. The Morgan fingerprint density at radius 1 is 1.17 bits per heavy atom. The first kappa shape index (κ1) is 16.4. The largest absolute Gasteiger partial charge is 0.299 e. The van der Waals surface area contributed by atoms with Crippen LogP contribution in [0.3, 0.4) is 0 Å². The molecular formula is C14H6Cl2F3N5. The van der Waals surface area contributed by atoms with Crippen molar-refractivity contribution in [3.8, 4) is 23.1 Å². The summed E-state index contributed by atoms with van der Waals surface area (Å²) in [6.07, 6.45) is 1.18. The smallest absolute Gasteiger partial charge is 0.255 e. The molecule has 24 heavy (non-hydrogen) atoms. The highest BCUT2D eigenvalue weighted by atomic mass is 35.5. The lowest BCUT2D eigenvalue weighted by Crippen LogP contribution is -2.07. The van der Waals surface area contributed by atoms with Crippen molar-refractivity contribution in [2.24, 2.45) is 0 Å². The fraction of sp³-hybridized carbons (Fsp3) is 0.0714. The minimum absolute atomic E-state index is 0.0181. The van der Waals surface area contributed by atoms with Gasteiger partial charge >= 0.3 is 0 Å². The molecule has 2 heterocycles. The average Bonchev–Trinajstić information content (AvgIpc) is 2.96. The first-order chi connectivity index (χ1) is 11.5. The molecule has 0 spiro atoms. The Kier molecular flexibility index (Phi) is 4.46. The molecule has 0 aliphatic rings. The van der Waals surface area contributed by atoms with Gasteiger partial charge in [0.1, 0.15) is 28.9 Å². The number of aromatic nitrogens is 4. The third kappa shape index (κ3) is 2.84. The fourth-order valence-electron chi connectivity index (χ4n) is 2.07. The van der Waals surface area contributed by atoms with Crippen molar-refractivity contribution >= 4 is 34.8 Å². The van der Waals surface area contributed by atoms with Gasteiger partial charge in [0.05, 0.1) is 17.0 Å². The monoisotopic (exact) mass is 371 g/mol. The van der Waals surface area contributed by atoms with Crippen molar-refractivity contribution in [1.29, 1.82) is 0 Å². The first-order valence-corrected chi connectivity index (χ1v) is 7.28. The molecule has 0 atom stereocenters. The summed E-state index contributed by atoms with van der Waals surface area (Å²) in [6, 6.07) is 3.57. The highest BCUT2D eigenvalue weighted by molar-refractivity contribution is 6.33. The van der Waals surface area contributed by atoms with Crippen LogP contribution in [0, 0.1) is 29.4 Å². The SMILES string of the molecule is Fc1cc(F)c(-c2c(Cl)nc3ncnn3c2NC#CCCl)c(F)c1. The first-order valence-electron chi connectivity index (χ1n) is 6.37. The topological polar surface area (TPSA) is 55.1 Å². The second kappa shape index (κ2) is 6.55. The van der Waals surface area contributed by atoms with Gasteiger partial charge < -0.3 is 0 Å². The van der Waals surface area contributed by atoms with Crippen LogP contribution in [0.2, 0.25) is 5.15 Å². The number of benzene rings is 1. The molecule has 0 saturated heterocycles. The van der Waals surface area contributed by atoms with Crippen LogP contribution < -0.4 is 5.32 Å². The summed E-state index contributed by atoms with van der Waals surface area (Å²) in [5.74, 6) is -0.704. The minimum atomic E-state index is -1.15. The number of fused-ring (bicyclic) bond motifs is 1. The molecule has 10 heteroatoms. The van der Waals surface area contributed by atoms with E-state index in [1.54, 1.807) is 0 Å². The maximum Gasteiger partial charge on any atom is 0.255 e. The van der Waals surface area contributed by atoms with Gasteiger partial charge in [-0.2, -0.15) is 19.6 Å². The van der Waals surface area contributed by atoms with Crippen LogP contribution >= 0.6 is 23.2 Å². The fourth-order valence-corrected chi connectivity index (χ4v) is 2.40. The van der Waals surface area contributed by atoms with E-state index in [0.717, 1.165) is 4.52 Å². The molecule has 0 fully saturated rings. The summed E-state index contributed by atoms with van der Waals surface area (Å²) in [7, 11) is 0. The Labute approximate surface area is 143 Å². The molecule has 0 aliphatic heterocycles. The molecule has 1 aromatic carbocycles. The summed E-state index contributed by atoms with van der Waals surface area (Å²) >= 11 is 11.5. The van der Waals surface area contributed by atoms with Gasteiger partial charge in [0, 0.05) is 18.2 Å². The number of anilines is 1. The zero-order valence-electron chi connectivity index (χ0n) is 11.6. The van der Waals surface area contributed by atoms with E-state index in [4.69, 9.17) is 23.2 Å². The third-order valence-electron chi connectivity index (χ3n) is 2.98. The van der Waals surface area contributed by atoms with Gasteiger partial charge in [0.2, 0.25) is 0 Å². The molecule has 0 saturated carbocycles. The van der Waals surface area contributed by atoms with Crippen LogP contribution in [0.4, 0.5) is 19.0 Å². The number of nitrogens with zero attached hydrogens (tertiary/aromatic N) is 4. The highest BCUT2D eigenvalue weighted by Crippen LogP contribution is 2.37. The van der Waals surface area contributed by atoms with Crippen LogP contribution in [0.15, 0.2) is 18.5 Å². The van der Waals surface area contributed by atoms with Gasteiger partial charge in [0.15, 0.2) is 5.82 Å². The number of nitrogens with one attached hydrogen (secondary N) is 1. The Hall–Kier alpha value is -2.50. The second-order valence-corrected chi connectivity index (χ2v) is 5.03. The van der Waals surface area contributed by atoms with Crippen LogP contribution in [-0.2, 0) is 0 Å². The van der Waals surface area contributed by atoms with E-state index in [-0.39, 0.29) is 28.2 Å². The lowest BCUT2D eigenvalue weighted by Gasteiger charge is -2.13. The number of hydrogen-bond donors (Lipinski definition) is 1. The molecule has 3 rings (SSSR count). The minimum Gasteiger partial charge on any atom is -0.299 e. The molecule has 2 aromatic heterocycles. The van der Waals surface area contributed by atoms with Gasteiger partial charge in [-0.15, -0.1) is 11.6 Å². The summed E-state index contributed by atoms with van der Waals surface area (Å²) in [6.45, 7) is 0. The number of alkyl halides is 1. The van der Waals surface area contributed by atoms with Crippen molar-refractivity contribution in [3.05, 3.63) is 41.1 Å². The van der Waals surface area contributed by atoms with E-state index < -0.39 is 23.0 Å². The van der Waals surface area contributed by atoms with E-state index in [1.807, 2.05) is 0 Å². The zero-order valence-corrected chi connectivity index (χ0v) is 13.1. The maximum atomic E-state index is 14.2. The highest BCUT2D eigenvalue weighted by Gasteiger charge is 2.23. The lowest BCUT2D eigenvalue weighted by atomic mass is 10.1. The Morgan fingerprint density at radius 2 is 1.88 bits per heavy atom. The molecule has 0 radical (unpaired) electrons. The quantitative estimate of drug-likeness (QED) is 0.324. The number of hydrogen-bond acceptors (Lipinski definition) is 4. The summed E-state index contributed by atoms with van der Waals surface area (Å²) < 4.78 is 42.7. The third-order valence-corrected chi connectivity index (χ3v) is 3.38. The van der Waals surface area contributed by atoms with Crippen LogP contribution in [0.5, 0.6) is 0 Å². The second-order valence-electron chi connectivity index (χ2n) is 4.40. The lowest BCUT2D eigenvalue weighted by molar-refractivity contribution is 0.548. The molecule has 0 aliphatic carbocycles. The van der Waals surface area contributed by atoms with Crippen molar-refractivity contribution in [3.63, 3.8) is 0 Å². The van der Waals surface area contributed by atoms with Crippen LogP contribution in [0.25, 0.3) is 16.9 Å². The van der Waals surface area contributed by atoms with Gasteiger partial charge in [-0.1, -0.05) is 17.5 Å². The molecule has 0 amide bonds. The number of rotatable bonds is 2. The Bertz CT molecular complexity index is 970. The van der Waals surface area contributed by atoms with E-state index in [2.05, 4.69) is 32.3 Å². The standard InChI is InChI=1S/C14H6Cl2F3N5/c15-2-1-3-20-13-11(10-8(18)4-7(17)5-9(10)19)12(16)23-14-21-6-22-24(13)14/h4-6,20H,2H2. The van der Waals surface area contributed by atoms with E-state index in [0.29, 0.717) is 12.1 Å². The summed E-state index contributed by atoms with van der Waals surface area (Å²) in [5.41, 5.74) is -0.741. The average molecular weight is 372 g/mol. The van der Waals surface area contributed by atoms with E-state index >= 15 is 0 Å². The van der Waals surface area contributed by atoms with E-state index in [1.165, 1.54) is 6.33 Å². The van der Waals surface area contributed by atoms with Crippen molar-refractivity contribution < 1.29 is 13.2 Å². The normalized spacial score (nSPS) is 10.5. The van der Waals surface area contributed by atoms with Gasteiger partial charge in [-0.3, -0.25) is 5.32 Å².